The van der Waals surface area contributed by atoms with Crippen LogP contribution in [0.25, 0.3) is 10.2 Å². The maximum absolute atomic E-state index is 13.5. The molecule has 0 fully saturated rings. The Kier molecular flexibility index (Phi) is 5.97. The van der Waals surface area contributed by atoms with Crippen LogP contribution in [0.2, 0.25) is 5.02 Å². The van der Waals surface area contributed by atoms with E-state index in [0.717, 1.165) is 11.3 Å². The summed E-state index contributed by atoms with van der Waals surface area (Å²) >= 11 is 6.98. The van der Waals surface area contributed by atoms with E-state index in [0.29, 0.717) is 38.9 Å². The van der Waals surface area contributed by atoms with Crippen LogP contribution >= 0.6 is 22.9 Å². The van der Waals surface area contributed by atoms with Gasteiger partial charge in [0.15, 0.2) is 11.5 Å². The van der Waals surface area contributed by atoms with Gasteiger partial charge >= 0.3 is 0 Å². The highest BCUT2D eigenvalue weighted by Gasteiger charge is 2.21. The standard InChI is InChI=1S/C21H17ClFN5O3S/c1-30-14-6-4-11(8-15(14)31-2)28-20(29)18-17(24)16-19(25-9-26-21(16)32-18)27-10-3-5-13(23)12(22)7-10/h3-9H,24H2,1-2H3,(H,28,29)(H,25,26,27). The van der Waals surface area contributed by atoms with E-state index in [1.54, 1.807) is 18.2 Å². The van der Waals surface area contributed by atoms with Crippen molar-refractivity contribution in [2.75, 3.05) is 30.6 Å². The van der Waals surface area contributed by atoms with Crippen molar-refractivity contribution in [2.24, 2.45) is 0 Å². The largest absolute Gasteiger partial charge is 0.493 e. The van der Waals surface area contributed by atoms with Crippen LogP contribution in [-0.2, 0) is 0 Å². The van der Waals surface area contributed by atoms with Gasteiger partial charge in [-0.15, -0.1) is 11.3 Å². The molecule has 1 amide bonds. The molecule has 0 aliphatic carbocycles. The van der Waals surface area contributed by atoms with Crippen molar-refractivity contribution in [3.05, 3.63) is 58.4 Å². The summed E-state index contributed by atoms with van der Waals surface area (Å²) in [7, 11) is 3.04. The Hall–Kier alpha value is -3.63. The second-order valence-electron chi connectivity index (χ2n) is 6.53. The van der Waals surface area contributed by atoms with Crippen molar-refractivity contribution >= 4 is 61.9 Å². The molecule has 2 aromatic carbocycles. The van der Waals surface area contributed by atoms with Crippen LogP contribution in [0.4, 0.5) is 27.3 Å². The average molecular weight is 474 g/mol. The lowest BCUT2D eigenvalue weighted by molar-refractivity contribution is 0.103. The van der Waals surface area contributed by atoms with E-state index in [4.69, 9.17) is 26.8 Å². The number of aromatic nitrogens is 2. The number of anilines is 4. The summed E-state index contributed by atoms with van der Waals surface area (Å²) in [6.45, 7) is 0. The van der Waals surface area contributed by atoms with Gasteiger partial charge in [0.2, 0.25) is 0 Å². The minimum absolute atomic E-state index is 0.0337. The molecule has 0 radical (unpaired) electrons. The highest BCUT2D eigenvalue weighted by Crippen LogP contribution is 2.38. The number of fused-ring (bicyclic) bond motifs is 1. The molecule has 0 saturated heterocycles. The molecule has 11 heteroatoms. The number of nitrogens with two attached hydrogens (primary N) is 1. The zero-order valence-electron chi connectivity index (χ0n) is 16.9. The molecule has 32 heavy (non-hydrogen) atoms. The summed E-state index contributed by atoms with van der Waals surface area (Å²) in [6, 6.07) is 9.20. The molecule has 0 saturated carbocycles. The molecule has 4 aromatic rings. The summed E-state index contributed by atoms with van der Waals surface area (Å²) < 4.78 is 23.9. The number of halogens is 2. The van der Waals surface area contributed by atoms with Crippen LogP contribution in [0.3, 0.4) is 0 Å². The second-order valence-corrected chi connectivity index (χ2v) is 7.93. The molecule has 0 spiro atoms. The lowest BCUT2D eigenvalue weighted by atomic mass is 10.2. The normalized spacial score (nSPS) is 10.8. The van der Waals surface area contributed by atoms with Gasteiger partial charge in [-0.2, -0.15) is 0 Å². The van der Waals surface area contributed by atoms with E-state index in [9.17, 15) is 9.18 Å². The first-order chi connectivity index (χ1) is 15.4. The van der Waals surface area contributed by atoms with Gasteiger partial charge in [0.05, 0.1) is 30.3 Å². The molecular weight excluding hydrogens is 457 g/mol. The molecule has 0 aliphatic heterocycles. The van der Waals surface area contributed by atoms with E-state index in [-0.39, 0.29) is 15.6 Å². The Morgan fingerprint density at radius 2 is 1.84 bits per heavy atom. The Morgan fingerprint density at radius 1 is 1.09 bits per heavy atom. The Labute approximate surface area is 191 Å². The zero-order valence-corrected chi connectivity index (χ0v) is 18.5. The van der Waals surface area contributed by atoms with Crippen LogP contribution in [-0.4, -0.2) is 30.1 Å². The third-order valence-corrected chi connectivity index (χ3v) is 5.96. The van der Waals surface area contributed by atoms with E-state index >= 15 is 0 Å². The SMILES string of the molecule is COc1ccc(NC(=O)c2sc3ncnc(Nc4ccc(F)c(Cl)c4)c3c2N)cc1OC. The number of benzene rings is 2. The minimum Gasteiger partial charge on any atom is -0.493 e. The smallest absolute Gasteiger partial charge is 0.267 e. The summed E-state index contributed by atoms with van der Waals surface area (Å²) in [5, 5.41) is 6.29. The number of hydrogen-bond acceptors (Lipinski definition) is 8. The topological polar surface area (TPSA) is 111 Å². The summed E-state index contributed by atoms with van der Waals surface area (Å²) in [4.78, 5) is 22.2. The fourth-order valence-electron chi connectivity index (χ4n) is 3.03. The first-order valence-corrected chi connectivity index (χ1v) is 10.4. The number of carbonyl (C=O) groups excluding carboxylic acids is 1. The van der Waals surface area contributed by atoms with Crippen LogP contribution < -0.4 is 25.8 Å². The second kappa shape index (κ2) is 8.85. The maximum Gasteiger partial charge on any atom is 0.267 e. The number of amides is 1. The Morgan fingerprint density at radius 3 is 2.56 bits per heavy atom. The van der Waals surface area contributed by atoms with Gasteiger partial charge in [0, 0.05) is 17.4 Å². The highest BCUT2D eigenvalue weighted by atomic mass is 35.5. The predicted molar refractivity (Wildman–Crippen MR) is 124 cm³/mol. The predicted octanol–water partition coefficient (Wildman–Crippen LogP) is 5.08. The van der Waals surface area contributed by atoms with E-state index in [1.165, 1.54) is 38.7 Å². The number of nitrogens with zero attached hydrogens (tertiary/aromatic N) is 2. The van der Waals surface area contributed by atoms with Crippen LogP contribution in [0.15, 0.2) is 42.7 Å². The summed E-state index contributed by atoms with van der Waals surface area (Å²) in [5.74, 6) is 0.447. The van der Waals surface area contributed by atoms with Crippen molar-refractivity contribution in [1.29, 1.82) is 0 Å². The van der Waals surface area contributed by atoms with Gasteiger partial charge in [-0.05, 0) is 30.3 Å². The van der Waals surface area contributed by atoms with Gasteiger partial charge in [0.25, 0.3) is 5.91 Å². The van der Waals surface area contributed by atoms with Crippen molar-refractivity contribution in [2.45, 2.75) is 0 Å². The number of methoxy groups -OCH3 is 2. The molecule has 0 atom stereocenters. The fourth-order valence-corrected chi connectivity index (χ4v) is 4.17. The Balaban J connectivity index is 1.65. The molecule has 0 aliphatic rings. The quantitative estimate of drug-likeness (QED) is 0.358. The van der Waals surface area contributed by atoms with Crippen molar-refractivity contribution in [3.63, 3.8) is 0 Å². The maximum atomic E-state index is 13.5. The molecular formula is C21H17ClFN5O3S. The number of nitrogen functional groups attached to an aromatic ring is 1. The van der Waals surface area contributed by atoms with Crippen molar-refractivity contribution in [1.82, 2.24) is 9.97 Å². The fraction of sp³-hybridized carbons (Fsp3) is 0.0952. The molecule has 0 unspecified atom stereocenters. The number of thiophene rings is 1. The lowest BCUT2D eigenvalue weighted by Crippen LogP contribution is -2.12. The summed E-state index contributed by atoms with van der Waals surface area (Å²) in [6.07, 6.45) is 1.35. The van der Waals surface area contributed by atoms with Gasteiger partial charge in [-0.25, -0.2) is 14.4 Å². The van der Waals surface area contributed by atoms with Crippen LogP contribution in [0, 0.1) is 5.82 Å². The molecule has 8 nitrogen and oxygen atoms in total. The van der Waals surface area contributed by atoms with E-state index in [1.807, 2.05) is 0 Å². The molecule has 4 rings (SSSR count). The monoisotopic (exact) mass is 473 g/mol. The van der Waals surface area contributed by atoms with Gasteiger partial charge in [-0.1, -0.05) is 11.6 Å². The molecule has 2 heterocycles. The van der Waals surface area contributed by atoms with Gasteiger partial charge in [0.1, 0.15) is 27.7 Å². The third-order valence-electron chi connectivity index (χ3n) is 4.56. The molecule has 2 aromatic heterocycles. The number of rotatable bonds is 6. The average Bonchev–Trinajstić information content (AvgIpc) is 3.13. The number of carbonyl (C=O) groups is 1. The first kappa shape index (κ1) is 21.6. The Bertz CT molecular complexity index is 1330. The first-order valence-electron chi connectivity index (χ1n) is 9.19. The van der Waals surface area contributed by atoms with Gasteiger partial charge in [-0.3, -0.25) is 4.79 Å². The molecule has 164 valence electrons. The van der Waals surface area contributed by atoms with Crippen LogP contribution in [0.5, 0.6) is 11.5 Å². The lowest BCUT2D eigenvalue weighted by Gasteiger charge is -2.10. The highest BCUT2D eigenvalue weighted by molar-refractivity contribution is 7.21. The van der Waals surface area contributed by atoms with Crippen molar-refractivity contribution < 1.29 is 18.7 Å². The van der Waals surface area contributed by atoms with E-state index in [2.05, 4.69) is 20.6 Å². The van der Waals surface area contributed by atoms with Crippen molar-refractivity contribution in [3.8, 4) is 11.5 Å². The molecule has 0 bridgehead atoms. The minimum atomic E-state index is -0.533. The number of ether oxygens (including phenoxy) is 2. The number of hydrogen-bond donors (Lipinski definition) is 3. The van der Waals surface area contributed by atoms with Crippen LogP contribution in [0.1, 0.15) is 9.67 Å². The summed E-state index contributed by atoms with van der Waals surface area (Å²) in [5.41, 5.74) is 7.55. The van der Waals surface area contributed by atoms with Gasteiger partial charge < -0.3 is 25.8 Å². The zero-order chi connectivity index (χ0) is 22.8. The number of nitrogens with one attached hydrogen (secondary N) is 2. The third kappa shape index (κ3) is 4.10. The van der Waals surface area contributed by atoms with E-state index < -0.39 is 11.7 Å². The molecule has 4 N–H and O–H groups in total.